The monoisotopic (exact) mass is 234 g/mol. The maximum Gasteiger partial charge on any atom is 0.231 e. The van der Waals surface area contributed by atoms with Crippen LogP contribution in [0.3, 0.4) is 0 Å². The lowest BCUT2D eigenvalue weighted by Gasteiger charge is -2.23. The molecule has 0 amide bonds. The molecule has 1 fully saturated rings. The molecule has 1 aromatic carbocycles. The number of ether oxygens (including phenoxy) is 2. The van der Waals surface area contributed by atoms with Gasteiger partial charge in [0.1, 0.15) is 0 Å². The van der Waals surface area contributed by atoms with E-state index in [1.54, 1.807) is 0 Å². The van der Waals surface area contributed by atoms with E-state index in [1.807, 2.05) is 6.07 Å². The van der Waals surface area contributed by atoms with Crippen LogP contribution in [0.25, 0.3) is 0 Å². The Balaban J connectivity index is 1.72. The molecule has 1 unspecified atom stereocenters. The van der Waals surface area contributed by atoms with Crippen LogP contribution < -0.4 is 15.2 Å². The Morgan fingerprint density at radius 2 is 2.18 bits per heavy atom. The van der Waals surface area contributed by atoms with Gasteiger partial charge in [-0.2, -0.15) is 0 Å². The molecule has 2 N–H and O–H groups in total. The third-order valence-electron chi connectivity index (χ3n) is 3.59. The van der Waals surface area contributed by atoms with Crippen molar-refractivity contribution in [1.82, 2.24) is 4.90 Å². The van der Waals surface area contributed by atoms with Gasteiger partial charge < -0.3 is 15.2 Å². The number of fused-ring (bicyclic) bond motifs is 1. The van der Waals surface area contributed by atoms with Gasteiger partial charge in [0.15, 0.2) is 11.5 Å². The molecule has 4 heteroatoms. The first-order valence-corrected chi connectivity index (χ1v) is 6.19. The molecule has 2 aliphatic rings. The van der Waals surface area contributed by atoms with E-state index in [2.05, 4.69) is 17.0 Å². The van der Waals surface area contributed by atoms with Gasteiger partial charge in [-0.05, 0) is 37.1 Å². The number of rotatable bonds is 3. The van der Waals surface area contributed by atoms with Gasteiger partial charge in [-0.25, -0.2) is 0 Å². The quantitative estimate of drug-likeness (QED) is 0.857. The Morgan fingerprint density at radius 1 is 1.29 bits per heavy atom. The van der Waals surface area contributed by atoms with Crippen LogP contribution in [0.5, 0.6) is 11.5 Å². The van der Waals surface area contributed by atoms with Crippen molar-refractivity contribution in [3.63, 3.8) is 0 Å². The van der Waals surface area contributed by atoms with Crippen molar-refractivity contribution in [3.05, 3.63) is 23.8 Å². The van der Waals surface area contributed by atoms with Gasteiger partial charge in [0, 0.05) is 19.1 Å². The van der Waals surface area contributed by atoms with E-state index >= 15 is 0 Å². The van der Waals surface area contributed by atoms with Crippen LogP contribution in [0.2, 0.25) is 0 Å². The molecule has 17 heavy (non-hydrogen) atoms. The third-order valence-corrected chi connectivity index (χ3v) is 3.59. The predicted molar refractivity (Wildman–Crippen MR) is 65.1 cm³/mol. The normalized spacial score (nSPS) is 23.2. The van der Waals surface area contributed by atoms with Crippen LogP contribution in [0.1, 0.15) is 18.4 Å². The fourth-order valence-electron chi connectivity index (χ4n) is 2.64. The van der Waals surface area contributed by atoms with Crippen LogP contribution in [0.4, 0.5) is 0 Å². The highest BCUT2D eigenvalue weighted by molar-refractivity contribution is 5.44. The minimum absolute atomic E-state index is 0.341. The molecule has 0 aromatic heterocycles. The molecular weight excluding hydrogens is 216 g/mol. The first-order chi connectivity index (χ1) is 8.36. The summed E-state index contributed by atoms with van der Waals surface area (Å²) in [6.07, 6.45) is 2.48. The van der Waals surface area contributed by atoms with Gasteiger partial charge in [0.25, 0.3) is 0 Å². The molecule has 0 aliphatic carbocycles. The molecule has 1 aromatic rings. The third kappa shape index (κ3) is 2.10. The van der Waals surface area contributed by atoms with Crippen LogP contribution in [-0.2, 0) is 6.54 Å². The van der Waals surface area contributed by atoms with E-state index in [0.29, 0.717) is 12.8 Å². The Hall–Kier alpha value is -1.26. The summed E-state index contributed by atoms with van der Waals surface area (Å²) in [5.41, 5.74) is 7.05. The van der Waals surface area contributed by atoms with Crippen molar-refractivity contribution in [2.75, 3.05) is 19.9 Å². The van der Waals surface area contributed by atoms with Crippen molar-refractivity contribution >= 4 is 0 Å². The van der Waals surface area contributed by atoms with Crippen LogP contribution >= 0.6 is 0 Å². The average molecular weight is 234 g/mol. The molecule has 0 radical (unpaired) electrons. The average Bonchev–Trinajstić information content (AvgIpc) is 2.96. The van der Waals surface area contributed by atoms with Gasteiger partial charge in [-0.1, -0.05) is 6.07 Å². The lowest BCUT2D eigenvalue weighted by molar-refractivity contribution is 0.174. The first kappa shape index (κ1) is 10.9. The van der Waals surface area contributed by atoms with Gasteiger partial charge in [-0.3, -0.25) is 4.90 Å². The molecule has 2 aliphatic heterocycles. The SMILES string of the molecule is NCC1CCCN1Cc1ccc2c(c1)OCO2. The molecule has 1 saturated heterocycles. The highest BCUT2D eigenvalue weighted by Gasteiger charge is 2.23. The van der Waals surface area contributed by atoms with E-state index in [1.165, 1.54) is 18.4 Å². The number of benzene rings is 1. The fraction of sp³-hybridized carbons (Fsp3) is 0.538. The fourth-order valence-corrected chi connectivity index (χ4v) is 2.64. The van der Waals surface area contributed by atoms with E-state index in [9.17, 15) is 0 Å². The summed E-state index contributed by atoms with van der Waals surface area (Å²) in [7, 11) is 0. The lowest BCUT2D eigenvalue weighted by Crippen LogP contribution is -2.34. The number of nitrogens with zero attached hydrogens (tertiary/aromatic N) is 1. The molecule has 4 nitrogen and oxygen atoms in total. The standard InChI is InChI=1S/C13H18N2O2/c14-7-11-2-1-5-15(11)8-10-3-4-12-13(6-10)17-9-16-12/h3-4,6,11H,1-2,5,7-9,14H2. The predicted octanol–water partition coefficient (Wildman–Crippen LogP) is 1.34. The minimum atomic E-state index is 0.341. The maximum absolute atomic E-state index is 5.78. The second-order valence-electron chi connectivity index (χ2n) is 4.69. The second-order valence-corrected chi connectivity index (χ2v) is 4.69. The number of hydrogen-bond acceptors (Lipinski definition) is 4. The smallest absolute Gasteiger partial charge is 0.231 e. The summed E-state index contributed by atoms with van der Waals surface area (Å²) < 4.78 is 10.7. The molecule has 0 saturated carbocycles. The second kappa shape index (κ2) is 4.55. The first-order valence-electron chi connectivity index (χ1n) is 6.19. The van der Waals surface area contributed by atoms with Crippen molar-refractivity contribution < 1.29 is 9.47 Å². The Kier molecular flexibility index (Phi) is 2.91. The molecule has 2 heterocycles. The van der Waals surface area contributed by atoms with Crippen molar-refractivity contribution in [1.29, 1.82) is 0 Å². The minimum Gasteiger partial charge on any atom is -0.454 e. The van der Waals surface area contributed by atoms with Crippen LogP contribution in [0, 0.1) is 0 Å². The van der Waals surface area contributed by atoms with E-state index in [4.69, 9.17) is 15.2 Å². The molecule has 0 bridgehead atoms. The number of likely N-dealkylation sites (tertiary alicyclic amines) is 1. The zero-order valence-corrected chi connectivity index (χ0v) is 9.89. The van der Waals surface area contributed by atoms with Gasteiger partial charge in [0.2, 0.25) is 6.79 Å². The largest absolute Gasteiger partial charge is 0.454 e. The van der Waals surface area contributed by atoms with Crippen molar-refractivity contribution in [3.8, 4) is 11.5 Å². The summed E-state index contributed by atoms with van der Waals surface area (Å²) in [5.74, 6) is 1.72. The Bertz CT molecular complexity index is 408. The molecule has 1 atom stereocenters. The Morgan fingerprint density at radius 3 is 3.06 bits per heavy atom. The summed E-state index contributed by atoms with van der Waals surface area (Å²) in [6.45, 7) is 3.20. The number of nitrogens with two attached hydrogens (primary N) is 1. The van der Waals surface area contributed by atoms with Crippen LogP contribution in [0.15, 0.2) is 18.2 Å². The molecular formula is C13H18N2O2. The molecule has 92 valence electrons. The zero-order chi connectivity index (χ0) is 11.7. The molecule has 0 spiro atoms. The number of hydrogen-bond donors (Lipinski definition) is 1. The maximum atomic E-state index is 5.78. The topological polar surface area (TPSA) is 47.7 Å². The van der Waals surface area contributed by atoms with Gasteiger partial charge in [0.05, 0.1) is 0 Å². The summed E-state index contributed by atoms with van der Waals surface area (Å²) in [5, 5.41) is 0. The van der Waals surface area contributed by atoms with Gasteiger partial charge >= 0.3 is 0 Å². The van der Waals surface area contributed by atoms with Crippen molar-refractivity contribution in [2.24, 2.45) is 5.73 Å². The Labute approximate surface area is 101 Å². The molecule has 3 rings (SSSR count). The van der Waals surface area contributed by atoms with Crippen LogP contribution in [-0.4, -0.2) is 30.8 Å². The zero-order valence-electron chi connectivity index (χ0n) is 9.89. The van der Waals surface area contributed by atoms with Crippen molar-refractivity contribution in [2.45, 2.75) is 25.4 Å². The van der Waals surface area contributed by atoms with Gasteiger partial charge in [-0.15, -0.1) is 0 Å². The highest BCUT2D eigenvalue weighted by Crippen LogP contribution is 2.33. The highest BCUT2D eigenvalue weighted by atomic mass is 16.7. The summed E-state index contributed by atoms with van der Waals surface area (Å²) in [4.78, 5) is 2.46. The summed E-state index contributed by atoms with van der Waals surface area (Å²) in [6, 6.07) is 6.72. The summed E-state index contributed by atoms with van der Waals surface area (Å²) >= 11 is 0. The van der Waals surface area contributed by atoms with E-state index in [-0.39, 0.29) is 0 Å². The van der Waals surface area contributed by atoms with E-state index in [0.717, 1.165) is 31.1 Å². The lowest BCUT2D eigenvalue weighted by atomic mass is 10.1. The van der Waals surface area contributed by atoms with E-state index < -0.39 is 0 Å².